The van der Waals surface area contributed by atoms with Gasteiger partial charge in [-0.1, -0.05) is 75.0 Å². The molecule has 0 amide bonds. The van der Waals surface area contributed by atoms with E-state index in [-0.39, 0.29) is 11.8 Å². The Morgan fingerprint density at radius 2 is 1.60 bits per heavy atom. The SMILES string of the molecule is C=C(C)N1CC(c2ccccc2)C(=O)C(c2cccc(C(C)C)c2)C1. The number of benzene rings is 2. The number of carbonyl (C=O) groups excluding carboxylic acids is 1. The summed E-state index contributed by atoms with van der Waals surface area (Å²) in [7, 11) is 0. The maximum atomic E-state index is 13.3. The number of ketones is 1. The molecule has 1 saturated heterocycles. The van der Waals surface area contributed by atoms with Crippen molar-refractivity contribution in [3.63, 3.8) is 0 Å². The summed E-state index contributed by atoms with van der Waals surface area (Å²) in [6.45, 7) is 12.0. The Hall–Kier alpha value is -2.35. The Labute approximate surface area is 151 Å². The monoisotopic (exact) mass is 333 g/mol. The molecule has 0 aromatic heterocycles. The Morgan fingerprint density at radius 3 is 2.20 bits per heavy atom. The first-order valence-electron chi connectivity index (χ1n) is 9.06. The van der Waals surface area contributed by atoms with Gasteiger partial charge in [0.25, 0.3) is 0 Å². The molecular formula is C23H27NO. The van der Waals surface area contributed by atoms with Crippen molar-refractivity contribution in [2.24, 2.45) is 0 Å². The zero-order valence-corrected chi connectivity index (χ0v) is 15.4. The molecule has 1 fully saturated rings. The van der Waals surface area contributed by atoms with Gasteiger partial charge in [0.2, 0.25) is 0 Å². The van der Waals surface area contributed by atoms with E-state index in [2.05, 4.69) is 61.7 Å². The third-order valence-corrected chi connectivity index (χ3v) is 5.21. The number of Topliss-reactive ketones (excluding diaryl/α,β-unsaturated/α-hetero) is 1. The molecule has 0 spiro atoms. The molecule has 1 aliphatic heterocycles. The molecule has 0 radical (unpaired) electrons. The maximum Gasteiger partial charge on any atom is 0.151 e. The molecular weight excluding hydrogens is 306 g/mol. The average molecular weight is 333 g/mol. The number of hydrogen-bond acceptors (Lipinski definition) is 2. The molecule has 2 aromatic rings. The van der Waals surface area contributed by atoms with Crippen molar-refractivity contribution in [2.45, 2.75) is 38.5 Å². The van der Waals surface area contributed by atoms with Gasteiger partial charge in [-0.25, -0.2) is 0 Å². The minimum absolute atomic E-state index is 0.0978. The average Bonchev–Trinajstić information content (AvgIpc) is 2.62. The number of likely N-dealkylation sites (tertiary alicyclic amines) is 1. The van der Waals surface area contributed by atoms with Gasteiger partial charge in [-0.05, 0) is 29.5 Å². The normalized spacial score (nSPS) is 20.8. The van der Waals surface area contributed by atoms with E-state index < -0.39 is 0 Å². The highest BCUT2D eigenvalue weighted by atomic mass is 16.1. The van der Waals surface area contributed by atoms with Crippen molar-refractivity contribution < 1.29 is 4.79 Å². The minimum Gasteiger partial charge on any atom is -0.373 e. The van der Waals surface area contributed by atoms with Crippen molar-refractivity contribution in [1.29, 1.82) is 0 Å². The summed E-state index contributed by atoms with van der Waals surface area (Å²) in [5.41, 5.74) is 4.54. The quantitative estimate of drug-likeness (QED) is 0.776. The van der Waals surface area contributed by atoms with Crippen molar-refractivity contribution in [2.75, 3.05) is 13.1 Å². The van der Waals surface area contributed by atoms with E-state index in [1.165, 1.54) is 5.56 Å². The predicted octanol–water partition coefficient (Wildman–Crippen LogP) is 5.10. The largest absolute Gasteiger partial charge is 0.373 e. The fourth-order valence-electron chi connectivity index (χ4n) is 3.61. The van der Waals surface area contributed by atoms with Crippen LogP contribution >= 0.6 is 0 Å². The molecule has 0 saturated carbocycles. The van der Waals surface area contributed by atoms with Crippen LogP contribution in [0.2, 0.25) is 0 Å². The van der Waals surface area contributed by atoms with Crippen LogP contribution in [0.15, 0.2) is 66.9 Å². The fraction of sp³-hybridized carbons (Fsp3) is 0.348. The highest BCUT2D eigenvalue weighted by molar-refractivity contribution is 5.93. The Kier molecular flexibility index (Phi) is 5.08. The van der Waals surface area contributed by atoms with Crippen LogP contribution in [0.5, 0.6) is 0 Å². The highest BCUT2D eigenvalue weighted by Gasteiger charge is 2.36. The molecule has 2 aromatic carbocycles. The van der Waals surface area contributed by atoms with Crippen LogP contribution in [0.4, 0.5) is 0 Å². The molecule has 25 heavy (non-hydrogen) atoms. The standard InChI is InChI=1S/C23H27NO/c1-16(2)19-11-8-12-20(13-19)22-15-24(17(3)4)14-21(23(22)25)18-9-6-5-7-10-18/h5-13,16,21-22H,3,14-15H2,1-2,4H3. The second-order valence-electron chi connectivity index (χ2n) is 7.38. The van der Waals surface area contributed by atoms with E-state index in [4.69, 9.17) is 0 Å². The summed E-state index contributed by atoms with van der Waals surface area (Å²) >= 11 is 0. The summed E-state index contributed by atoms with van der Waals surface area (Å²) in [5.74, 6) is 0.583. The van der Waals surface area contributed by atoms with Crippen LogP contribution in [0.25, 0.3) is 0 Å². The molecule has 0 N–H and O–H groups in total. The molecule has 2 nitrogen and oxygen atoms in total. The van der Waals surface area contributed by atoms with Crippen molar-refractivity contribution in [1.82, 2.24) is 4.90 Å². The van der Waals surface area contributed by atoms with Crippen LogP contribution < -0.4 is 0 Å². The number of nitrogens with zero attached hydrogens (tertiary/aromatic N) is 1. The maximum absolute atomic E-state index is 13.3. The van der Waals surface area contributed by atoms with Gasteiger partial charge in [0.05, 0.1) is 11.8 Å². The zero-order chi connectivity index (χ0) is 18.0. The van der Waals surface area contributed by atoms with E-state index in [1.54, 1.807) is 0 Å². The first-order chi connectivity index (χ1) is 12.0. The first-order valence-corrected chi connectivity index (χ1v) is 9.06. The molecule has 1 aliphatic rings. The second-order valence-corrected chi connectivity index (χ2v) is 7.38. The van der Waals surface area contributed by atoms with Crippen molar-refractivity contribution in [3.05, 3.63) is 83.6 Å². The van der Waals surface area contributed by atoms with Crippen LogP contribution in [0, 0.1) is 0 Å². The lowest BCUT2D eigenvalue weighted by molar-refractivity contribution is -0.124. The molecule has 1 heterocycles. The van der Waals surface area contributed by atoms with Crippen molar-refractivity contribution in [3.8, 4) is 0 Å². The Balaban J connectivity index is 1.98. The van der Waals surface area contributed by atoms with Gasteiger partial charge < -0.3 is 4.90 Å². The van der Waals surface area contributed by atoms with Gasteiger partial charge >= 0.3 is 0 Å². The molecule has 3 rings (SSSR count). The lowest BCUT2D eigenvalue weighted by atomic mass is 9.79. The highest BCUT2D eigenvalue weighted by Crippen LogP contribution is 2.34. The first kappa shape index (κ1) is 17.5. The lowest BCUT2D eigenvalue weighted by Gasteiger charge is -2.39. The summed E-state index contributed by atoms with van der Waals surface area (Å²) in [5, 5.41) is 0. The van der Waals surface area contributed by atoms with Crippen LogP contribution in [-0.2, 0) is 4.79 Å². The molecule has 2 unspecified atom stereocenters. The van der Waals surface area contributed by atoms with Crippen molar-refractivity contribution >= 4 is 5.78 Å². The molecule has 0 bridgehead atoms. The smallest absolute Gasteiger partial charge is 0.151 e. The van der Waals surface area contributed by atoms with E-state index >= 15 is 0 Å². The molecule has 130 valence electrons. The summed E-state index contributed by atoms with van der Waals surface area (Å²) < 4.78 is 0. The molecule has 2 heteroatoms. The van der Waals surface area contributed by atoms with E-state index in [0.717, 1.165) is 29.9 Å². The van der Waals surface area contributed by atoms with E-state index in [1.807, 2.05) is 25.1 Å². The van der Waals surface area contributed by atoms with E-state index in [0.29, 0.717) is 11.7 Å². The van der Waals surface area contributed by atoms with Gasteiger partial charge in [-0.2, -0.15) is 0 Å². The minimum atomic E-state index is -0.102. The van der Waals surface area contributed by atoms with Gasteiger partial charge in [-0.3, -0.25) is 4.79 Å². The summed E-state index contributed by atoms with van der Waals surface area (Å²) in [4.78, 5) is 15.6. The Morgan fingerprint density at radius 1 is 1.00 bits per heavy atom. The topological polar surface area (TPSA) is 20.3 Å². The van der Waals surface area contributed by atoms with Crippen LogP contribution in [-0.4, -0.2) is 23.8 Å². The lowest BCUT2D eigenvalue weighted by Crippen LogP contribution is -2.43. The van der Waals surface area contributed by atoms with Gasteiger partial charge in [0.1, 0.15) is 0 Å². The Bertz CT molecular complexity index is 763. The number of piperidine rings is 1. The third kappa shape index (κ3) is 3.68. The number of carbonyl (C=O) groups is 1. The number of hydrogen-bond donors (Lipinski definition) is 0. The summed E-state index contributed by atoms with van der Waals surface area (Å²) in [6.07, 6.45) is 0. The van der Waals surface area contributed by atoms with Crippen LogP contribution in [0.1, 0.15) is 55.2 Å². The predicted molar refractivity (Wildman–Crippen MR) is 104 cm³/mol. The molecule has 2 atom stereocenters. The number of rotatable bonds is 4. The zero-order valence-electron chi connectivity index (χ0n) is 15.4. The summed E-state index contributed by atoms with van der Waals surface area (Å²) in [6, 6.07) is 18.7. The van der Waals surface area contributed by atoms with Gasteiger partial charge in [0, 0.05) is 18.8 Å². The van der Waals surface area contributed by atoms with Gasteiger partial charge in [0.15, 0.2) is 5.78 Å². The van der Waals surface area contributed by atoms with Gasteiger partial charge in [-0.15, -0.1) is 0 Å². The fourth-order valence-corrected chi connectivity index (χ4v) is 3.61. The number of allylic oxidation sites excluding steroid dienone is 1. The second kappa shape index (κ2) is 7.26. The third-order valence-electron chi connectivity index (χ3n) is 5.21. The van der Waals surface area contributed by atoms with E-state index in [9.17, 15) is 4.79 Å². The van der Waals surface area contributed by atoms with Crippen LogP contribution in [0.3, 0.4) is 0 Å². The molecule has 0 aliphatic carbocycles.